The Hall–Kier alpha value is -2.11. The van der Waals surface area contributed by atoms with Crippen LogP contribution in [0.25, 0.3) is 0 Å². The molecule has 0 aliphatic carbocycles. The number of hydrogen-bond donors (Lipinski definition) is 1. The van der Waals surface area contributed by atoms with Crippen molar-refractivity contribution in [3.8, 4) is 0 Å². The standard InChI is InChI=1S/C17H24FN3O2/c1-12-15-11-14(18)7-6-13(15)8-10-21(12)17(23)19-9-4-5-16(22)20(2)3/h6-7,11-12H,4-5,8-10H2,1-3H3,(H,19,23)/t12-/m0/s1. The number of halogens is 1. The fourth-order valence-electron chi connectivity index (χ4n) is 2.82. The predicted molar refractivity (Wildman–Crippen MR) is 86.6 cm³/mol. The number of benzene rings is 1. The number of amides is 3. The van der Waals surface area contributed by atoms with E-state index in [-0.39, 0.29) is 23.8 Å². The van der Waals surface area contributed by atoms with Crippen LogP contribution >= 0.6 is 0 Å². The first-order chi connectivity index (χ1) is 10.9. The highest BCUT2D eigenvalue weighted by atomic mass is 19.1. The quantitative estimate of drug-likeness (QED) is 0.865. The maximum Gasteiger partial charge on any atom is 0.317 e. The normalized spacial score (nSPS) is 16.7. The molecule has 3 amide bonds. The van der Waals surface area contributed by atoms with Gasteiger partial charge in [-0.25, -0.2) is 9.18 Å². The number of rotatable bonds is 4. The van der Waals surface area contributed by atoms with Gasteiger partial charge in [0.2, 0.25) is 5.91 Å². The zero-order valence-corrected chi connectivity index (χ0v) is 13.9. The smallest absolute Gasteiger partial charge is 0.317 e. The van der Waals surface area contributed by atoms with Crippen molar-refractivity contribution in [2.75, 3.05) is 27.2 Å². The average molecular weight is 321 g/mol. The van der Waals surface area contributed by atoms with Crippen molar-refractivity contribution in [1.29, 1.82) is 0 Å². The molecule has 23 heavy (non-hydrogen) atoms. The van der Waals surface area contributed by atoms with Crippen molar-refractivity contribution >= 4 is 11.9 Å². The van der Waals surface area contributed by atoms with Gasteiger partial charge < -0.3 is 15.1 Å². The lowest BCUT2D eigenvalue weighted by Crippen LogP contribution is -2.45. The maximum absolute atomic E-state index is 13.4. The van der Waals surface area contributed by atoms with Crippen molar-refractivity contribution < 1.29 is 14.0 Å². The summed E-state index contributed by atoms with van der Waals surface area (Å²) in [5.41, 5.74) is 1.97. The van der Waals surface area contributed by atoms with Crippen molar-refractivity contribution in [2.45, 2.75) is 32.2 Å². The third-order valence-corrected chi connectivity index (χ3v) is 4.25. The molecular weight excluding hydrogens is 297 g/mol. The van der Waals surface area contributed by atoms with Crippen LogP contribution in [0.4, 0.5) is 9.18 Å². The molecule has 1 heterocycles. The van der Waals surface area contributed by atoms with Crippen molar-refractivity contribution in [3.63, 3.8) is 0 Å². The number of fused-ring (bicyclic) bond motifs is 1. The number of nitrogens with one attached hydrogen (secondary N) is 1. The van der Waals surface area contributed by atoms with Gasteiger partial charge in [-0.15, -0.1) is 0 Å². The zero-order valence-electron chi connectivity index (χ0n) is 13.9. The van der Waals surface area contributed by atoms with Crippen LogP contribution in [0.1, 0.15) is 36.9 Å². The van der Waals surface area contributed by atoms with E-state index in [1.807, 2.05) is 6.92 Å². The fraction of sp³-hybridized carbons (Fsp3) is 0.529. The number of nitrogens with zero attached hydrogens (tertiary/aromatic N) is 2. The van der Waals surface area contributed by atoms with Gasteiger partial charge in [0.25, 0.3) is 0 Å². The second-order valence-corrected chi connectivity index (χ2v) is 6.09. The monoisotopic (exact) mass is 321 g/mol. The summed E-state index contributed by atoms with van der Waals surface area (Å²) >= 11 is 0. The molecule has 0 unspecified atom stereocenters. The minimum Gasteiger partial charge on any atom is -0.349 e. The maximum atomic E-state index is 13.4. The molecule has 0 radical (unpaired) electrons. The van der Waals surface area contributed by atoms with E-state index in [9.17, 15) is 14.0 Å². The van der Waals surface area contributed by atoms with Crippen LogP contribution in [0, 0.1) is 5.82 Å². The van der Waals surface area contributed by atoms with E-state index in [4.69, 9.17) is 0 Å². The second kappa shape index (κ2) is 7.44. The third-order valence-electron chi connectivity index (χ3n) is 4.25. The van der Waals surface area contributed by atoms with E-state index in [1.54, 1.807) is 30.0 Å². The summed E-state index contributed by atoms with van der Waals surface area (Å²) in [6.07, 6.45) is 1.75. The molecule has 0 spiro atoms. The number of carbonyl (C=O) groups is 2. The Labute approximate surface area is 136 Å². The van der Waals surface area contributed by atoms with Crippen LogP contribution in [0.3, 0.4) is 0 Å². The molecule has 2 rings (SSSR count). The van der Waals surface area contributed by atoms with Crippen molar-refractivity contribution in [3.05, 3.63) is 35.1 Å². The molecule has 1 aliphatic heterocycles. The lowest BCUT2D eigenvalue weighted by Gasteiger charge is -2.35. The molecule has 0 saturated heterocycles. The Morgan fingerprint density at radius 1 is 1.39 bits per heavy atom. The molecule has 0 bridgehead atoms. The minimum atomic E-state index is -0.278. The number of hydrogen-bond acceptors (Lipinski definition) is 2. The first kappa shape index (κ1) is 17.2. The van der Waals surface area contributed by atoms with E-state index in [0.717, 1.165) is 17.5 Å². The molecule has 1 atom stereocenters. The fourth-order valence-corrected chi connectivity index (χ4v) is 2.82. The summed E-state index contributed by atoms with van der Waals surface area (Å²) < 4.78 is 13.4. The minimum absolute atomic E-state index is 0.0509. The Morgan fingerprint density at radius 2 is 2.13 bits per heavy atom. The number of carbonyl (C=O) groups excluding carboxylic acids is 2. The van der Waals surface area contributed by atoms with Crippen LogP contribution in [-0.4, -0.2) is 48.9 Å². The highest BCUT2D eigenvalue weighted by Crippen LogP contribution is 2.29. The topological polar surface area (TPSA) is 52.7 Å². The van der Waals surface area contributed by atoms with E-state index in [0.29, 0.717) is 25.9 Å². The lowest BCUT2D eigenvalue weighted by molar-refractivity contribution is -0.128. The predicted octanol–water partition coefficient (Wildman–Crippen LogP) is 2.32. The molecule has 5 nitrogen and oxygen atoms in total. The first-order valence-corrected chi connectivity index (χ1v) is 7.93. The van der Waals surface area contributed by atoms with Gasteiger partial charge in [-0.1, -0.05) is 6.07 Å². The second-order valence-electron chi connectivity index (χ2n) is 6.09. The van der Waals surface area contributed by atoms with Crippen LogP contribution in [0.2, 0.25) is 0 Å². The summed E-state index contributed by atoms with van der Waals surface area (Å²) in [5, 5.41) is 2.85. The van der Waals surface area contributed by atoms with Crippen LogP contribution < -0.4 is 5.32 Å². The van der Waals surface area contributed by atoms with Gasteiger partial charge >= 0.3 is 6.03 Å². The Morgan fingerprint density at radius 3 is 2.83 bits per heavy atom. The van der Waals surface area contributed by atoms with Crippen molar-refractivity contribution in [1.82, 2.24) is 15.1 Å². The van der Waals surface area contributed by atoms with E-state index in [2.05, 4.69) is 5.32 Å². The molecule has 1 aromatic carbocycles. The molecule has 0 aromatic heterocycles. The van der Waals surface area contributed by atoms with Gasteiger partial charge in [0.1, 0.15) is 5.82 Å². The first-order valence-electron chi connectivity index (χ1n) is 7.93. The van der Waals surface area contributed by atoms with Crippen molar-refractivity contribution in [2.24, 2.45) is 0 Å². The summed E-state index contributed by atoms with van der Waals surface area (Å²) in [4.78, 5) is 27.0. The summed E-state index contributed by atoms with van der Waals surface area (Å²) in [6.45, 7) is 2.98. The van der Waals surface area contributed by atoms with E-state index in [1.165, 1.54) is 12.1 Å². The molecule has 1 aliphatic rings. The summed E-state index contributed by atoms with van der Waals surface area (Å²) in [6, 6.07) is 4.45. The van der Waals surface area contributed by atoms with Gasteiger partial charge in [-0.3, -0.25) is 4.79 Å². The third kappa shape index (κ3) is 4.21. The molecule has 1 N–H and O–H groups in total. The number of urea groups is 1. The molecular formula is C17H24FN3O2. The average Bonchev–Trinajstić information content (AvgIpc) is 2.51. The zero-order chi connectivity index (χ0) is 17.0. The Balaban J connectivity index is 1.87. The lowest BCUT2D eigenvalue weighted by atomic mass is 9.94. The Kier molecular flexibility index (Phi) is 5.58. The molecule has 126 valence electrons. The summed E-state index contributed by atoms with van der Waals surface area (Å²) in [5.74, 6) is -0.227. The van der Waals surface area contributed by atoms with E-state index >= 15 is 0 Å². The van der Waals surface area contributed by atoms with Gasteiger partial charge in [-0.2, -0.15) is 0 Å². The van der Waals surface area contributed by atoms with Gasteiger partial charge in [0.15, 0.2) is 0 Å². The molecule has 0 fully saturated rings. The SMILES string of the molecule is C[C@H]1c2cc(F)ccc2CCN1C(=O)NCCCC(=O)N(C)C. The molecule has 6 heteroatoms. The van der Waals surface area contributed by atoms with Gasteiger partial charge in [0.05, 0.1) is 6.04 Å². The van der Waals surface area contributed by atoms with Gasteiger partial charge in [0, 0.05) is 33.6 Å². The largest absolute Gasteiger partial charge is 0.349 e. The molecule has 1 aromatic rings. The van der Waals surface area contributed by atoms with Crippen LogP contribution in [0.15, 0.2) is 18.2 Å². The van der Waals surface area contributed by atoms with Crippen LogP contribution in [0.5, 0.6) is 0 Å². The van der Waals surface area contributed by atoms with Crippen LogP contribution in [-0.2, 0) is 11.2 Å². The highest BCUT2D eigenvalue weighted by Gasteiger charge is 2.27. The highest BCUT2D eigenvalue weighted by molar-refractivity contribution is 5.76. The molecule has 0 saturated carbocycles. The summed E-state index contributed by atoms with van der Waals surface area (Å²) in [7, 11) is 3.43. The van der Waals surface area contributed by atoms with E-state index < -0.39 is 0 Å². The Bertz CT molecular complexity index is 589. The van der Waals surface area contributed by atoms with Gasteiger partial charge in [-0.05, 0) is 43.0 Å².